The van der Waals surface area contributed by atoms with Crippen LogP contribution in [-0.2, 0) is 5.75 Å². The Kier molecular flexibility index (Phi) is 4.00. The van der Waals surface area contributed by atoms with Gasteiger partial charge in [0.25, 0.3) is 0 Å². The number of rotatable bonds is 4. The minimum Gasteiger partial charge on any atom is -0.485 e. The number of para-hydroxylation sites is 2. The van der Waals surface area contributed by atoms with Crippen LogP contribution in [0.2, 0.25) is 0 Å². The zero-order valence-electron chi connectivity index (χ0n) is 12.8. The largest absolute Gasteiger partial charge is 0.485 e. The van der Waals surface area contributed by atoms with Crippen LogP contribution in [0.4, 0.5) is 0 Å². The van der Waals surface area contributed by atoms with Crippen LogP contribution in [0.3, 0.4) is 0 Å². The highest BCUT2D eigenvalue weighted by Gasteiger charge is 2.27. The Balaban J connectivity index is 1.49. The van der Waals surface area contributed by atoms with Gasteiger partial charge in [0.1, 0.15) is 6.61 Å². The summed E-state index contributed by atoms with van der Waals surface area (Å²) in [7, 11) is 0. The molecule has 7 heteroatoms. The lowest BCUT2D eigenvalue weighted by molar-refractivity contribution is 0.0830. The zero-order valence-corrected chi connectivity index (χ0v) is 13.6. The average Bonchev–Trinajstić information content (AvgIpc) is 3.01. The highest BCUT2D eigenvalue weighted by atomic mass is 32.2. The first kappa shape index (κ1) is 14.9. The zero-order chi connectivity index (χ0) is 16.4. The summed E-state index contributed by atoms with van der Waals surface area (Å²) in [6, 6.07) is 17.7. The van der Waals surface area contributed by atoms with E-state index >= 15 is 0 Å². The molecule has 2 N–H and O–H groups in total. The van der Waals surface area contributed by atoms with Crippen LogP contribution in [0.5, 0.6) is 11.5 Å². The van der Waals surface area contributed by atoms with Crippen LogP contribution in [0.15, 0.2) is 59.8 Å². The normalized spacial score (nSPS) is 16.1. The first-order valence-electron chi connectivity index (χ1n) is 7.57. The highest BCUT2D eigenvalue weighted by Crippen LogP contribution is 2.35. The molecule has 24 heavy (non-hydrogen) atoms. The summed E-state index contributed by atoms with van der Waals surface area (Å²) >= 11 is 1.54. The van der Waals surface area contributed by atoms with Gasteiger partial charge in [-0.15, -0.1) is 10.2 Å². The van der Waals surface area contributed by atoms with E-state index in [0.29, 0.717) is 23.3 Å². The van der Waals surface area contributed by atoms with E-state index in [4.69, 9.17) is 15.3 Å². The van der Waals surface area contributed by atoms with Crippen molar-refractivity contribution < 1.29 is 9.47 Å². The van der Waals surface area contributed by atoms with E-state index in [1.807, 2.05) is 42.5 Å². The van der Waals surface area contributed by atoms with Crippen molar-refractivity contribution in [2.75, 3.05) is 12.4 Å². The smallest absolute Gasteiger partial charge is 0.210 e. The fraction of sp³-hybridized carbons (Fsp3) is 0.176. The Morgan fingerprint density at radius 1 is 1.04 bits per heavy atom. The van der Waals surface area contributed by atoms with E-state index in [2.05, 4.69) is 22.3 Å². The Bertz CT molecular complexity index is 838. The molecule has 0 radical (unpaired) electrons. The van der Waals surface area contributed by atoms with Crippen LogP contribution in [-0.4, -0.2) is 21.5 Å². The number of hydrogen-bond donors (Lipinski definition) is 1. The summed E-state index contributed by atoms with van der Waals surface area (Å²) in [4.78, 5) is 0. The number of hydrogen-bond acceptors (Lipinski definition) is 6. The highest BCUT2D eigenvalue weighted by molar-refractivity contribution is 7.98. The van der Waals surface area contributed by atoms with Crippen molar-refractivity contribution in [2.24, 2.45) is 0 Å². The molecular formula is C17H16N4O2S. The monoisotopic (exact) mass is 340 g/mol. The number of nitrogens with two attached hydrogens (primary N) is 1. The van der Waals surface area contributed by atoms with Gasteiger partial charge < -0.3 is 15.3 Å². The third kappa shape index (κ3) is 2.90. The molecule has 0 unspecified atom stereocenters. The second kappa shape index (κ2) is 6.45. The first-order valence-corrected chi connectivity index (χ1v) is 8.55. The summed E-state index contributed by atoms with van der Waals surface area (Å²) in [6.45, 7) is 0.357. The molecular weight excluding hydrogens is 324 g/mol. The second-order valence-corrected chi connectivity index (χ2v) is 6.29. The molecule has 2 heterocycles. The maximum atomic E-state index is 6.15. The molecule has 3 aromatic rings. The summed E-state index contributed by atoms with van der Waals surface area (Å²) in [5, 5.41) is 9.01. The van der Waals surface area contributed by atoms with Crippen LogP contribution in [0.25, 0.3) is 0 Å². The van der Waals surface area contributed by atoms with Gasteiger partial charge in [-0.05, 0) is 17.7 Å². The predicted molar refractivity (Wildman–Crippen MR) is 91.5 cm³/mol. The molecule has 0 amide bonds. The van der Waals surface area contributed by atoms with Gasteiger partial charge in [-0.25, -0.2) is 4.68 Å². The summed E-state index contributed by atoms with van der Waals surface area (Å²) in [5.41, 5.74) is 1.21. The molecule has 0 fully saturated rings. The lowest BCUT2D eigenvalue weighted by Gasteiger charge is -2.25. The number of aromatic nitrogens is 3. The molecule has 0 saturated carbocycles. The molecule has 1 aliphatic rings. The molecule has 1 atom stereocenters. The van der Waals surface area contributed by atoms with Crippen LogP contribution >= 0.6 is 11.8 Å². The van der Waals surface area contributed by atoms with Gasteiger partial charge in [0, 0.05) is 5.75 Å². The standard InChI is InChI=1S/C17H16N4O2S/c18-21-16(15-10-22-13-8-4-5-9-14(13)23-15)19-20-17(21)24-11-12-6-2-1-3-7-12/h1-9,15H,10-11,18H2/t15-/m0/s1. The number of ether oxygens (including phenoxy) is 2. The molecule has 2 aromatic carbocycles. The third-order valence-corrected chi connectivity index (χ3v) is 4.71. The van der Waals surface area contributed by atoms with Gasteiger partial charge >= 0.3 is 0 Å². The van der Waals surface area contributed by atoms with Crippen molar-refractivity contribution in [1.29, 1.82) is 0 Å². The van der Waals surface area contributed by atoms with Crippen molar-refractivity contribution in [2.45, 2.75) is 17.0 Å². The van der Waals surface area contributed by atoms with E-state index in [0.717, 1.165) is 11.5 Å². The Morgan fingerprint density at radius 3 is 2.62 bits per heavy atom. The molecule has 4 rings (SSSR count). The van der Waals surface area contributed by atoms with Crippen molar-refractivity contribution in [3.63, 3.8) is 0 Å². The molecule has 0 saturated heterocycles. The summed E-state index contributed by atoms with van der Waals surface area (Å²) in [5.74, 6) is 8.91. The fourth-order valence-corrected chi connectivity index (χ4v) is 3.29. The number of thioether (sulfide) groups is 1. The SMILES string of the molecule is Nn1c(SCc2ccccc2)nnc1[C@@H]1COc2ccccc2O1. The minimum absolute atomic E-state index is 0.357. The van der Waals surface area contributed by atoms with Crippen molar-refractivity contribution in [1.82, 2.24) is 14.9 Å². The van der Waals surface area contributed by atoms with E-state index in [1.165, 1.54) is 22.0 Å². The predicted octanol–water partition coefficient (Wildman–Crippen LogP) is 2.80. The van der Waals surface area contributed by atoms with Crippen LogP contribution in [0.1, 0.15) is 17.5 Å². The van der Waals surface area contributed by atoms with Crippen LogP contribution < -0.4 is 15.3 Å². The van der Waals surface area contributed by atoms with Crippen molar-refractivity contribution in [3.05, 3.63) is 66.0 Å². The molecule has 1 aliphatic heterocycles. The van der Waals surface area contributed by atoms with Gasteiger partial charge in [0.2, 0.25) is 5.16 Å². The quantitative estimate of drug-likeness (QED) is 0.581. The van der Waals surface area contributed by atoms with Crippen molar-refractivity contribution >= 4 is 11.8 Å². The number of nitrogen functional groups attached to an aromatic ring is 1. The minimum atomic E-state index is -0.372. The lowest BCUT2D eigenvalue weighted by Crippen LogP contribution is -2.27. The van der Waals surface area contributed by atoms with Crippen LogP contribution in [0, 0.1) is 0 Å². The van der Waals surface area contributed by atoms with Crippen molar-refractivity contribution in [3.8, 4) is 11.5 Å². The van der Waals surface area contributed by atoms with E-state index < -0.39 is 0 Å². The van der Waals surface area contributed by atoms with E-state index in [9.17, 15) is 0 Å². The molecule has 1 aromatic heterocycles. The summed E-state index contributed by atoms with van der Waals surface area (Å²) in [6.07, 6.45) is -0.372. The Hall–Kier alpha value is -2.67. The number of fused-ring (bicyclic) bond motifs is 1. The fourth-order valence-electron chi connectivity index (χ4n) is 2.48. The van der Waals surface area contributed by atoms with Gasteiger partial charge in [-0.2, -0.15) is 0 Å². The Labute approximate surface area is 143 Å². The van der Waals surface area contributed by atoms with Gasteiger partial charge in [-0.1, -0.05) is 54.2 Å². The molecule has 0 aliphatic carbocycles. The molecule has 6 nitrogen and oxygen atoms in total. The van der Waals surface area contributed by atoms with Gasteiger partial charge in [-0.3, -0.25) is 0 Å². The number of nitrogens with zero attached hydrogens (tertiary/aromatic N) is 3. The van der Waals surface area contributed by atoms with Gasteiger partial charge in [0.15, 0.2) is 23.4 Å². The molecule has 0 spiro atoms. The number of benzene rings is 2. The van der Waals surface area contributed by atoms with E-state index in [1.54, 1.807) is 0 Å². The maximum absolute atomic E-state index is 6.15. The molecule has 0 bridgehead atoms. The Morgan fingerprint density at radius 2 is 1.79 bits per heavy atom. The van der Waals surface area contributed by atoms with E-state index in [-0.39, 0.29) is 6.10 Å². The molecule has 122 valence electrons. The lowest BCUT2D eigenvalue weighted by atomic mass is 10.2. The third-order valence-electron chi connectivity index (χ3n) is 3.70. The second-order valence-electron chi connectivity index (χ2n) is 5.35. The topological polar surface area (TPSA) is 75.2 Å². The van der Waals surface area contributed by atoms with Gasteiger partial charge in [0.05, 0.1) is 0 Å². The maximum Gasteiger partial charge on any atom is 0.210 e. The average molecular weight is 340 g/mol. The first-order chi connectivity index (χ1) is 11.8. The summed E-state index contributed by atoms with van der Waals surface area (Å²) < 4.78 is 13.1.